The van der Waals surface area contributed by atoms with Crippen LogP contribution >= 0.6 is 15.9 Å². The van der Waals surface area contributed by atoms with Crippen LogP contribution < -0.4 is 5.32 Å². The molecule has 0 fully saturated rings. The lowest BCUT2D eigenvalue weighted by Gasteiger charge is -2.13. The van der Waals surface area contributed by atoms with Crippen molar-refractivity contribution < 1.29 is 19.6 Å². The molecule has 0 radical (unpaired) electrons. The summed E-state index contributed by atoms with van der Waals surface area (Å²) in [5.41, 5.74) is -0.208. The van der Waals surface area contributed by atoms with E-state index in [1.807, 2.05) is 0 Å². The highest BCUT2D eigenvalue weighted by atomic mass is 79.9. The minimum absolute atomic E-state index is 0.0356. The van der Waals surface area contributed by atoms with Crippen molar-refractivity contribution in [2.75, 3.05) is 0 Å². The quantitative estimate of drug-likeness (QED) is 0.607. The highest BCUT2D eigenvalue weighted by molar-refractivity contribution is 9.10. The van der Waals surface area contributed by atoms with Crippen LogP contribution in [0.2, 0.25) is 0 Å². The molecule has 0 spiro atoms. The molecule has 0 saturated carbocycles. The van der Waals surface area contributed by atoms with Gasteiger partial charge in [-0.25, -0.2) is 4.79 Å². The van der Waals surface area contributed by atoms with Crippen molar-refractivity contribution in [3.8, 4) is 0 Å². The van der Waals surface area contributed by atoms with Gasteiger partial charge in [-0.05, 0) is 12.5 Å². The van der Waals surface area contributed by atoms with Crippen molar-refractivity contribution >= 4 is 33.5 Å². The minimum atomic E-state index is -1.13. The number of hydrogen-bond acceptors (Lipinski definition) is 4. The molecule has 0 aromatic heterocycles. The summed E-state index contributed by atoms with van der Waals surface area (Å²) in [7, 11) is 0. The first-order chi connectivity index (χ1) is 9.35. The Hall–Kier alpha value is -1.96. The van der Waals surface area contributed by atoms with Gasteiger partial charge >= 0.3 is 5.97 Å². The molecule has 1 atom stereocenters. The zero-order valence-electron chi connectivity index (χ0n) is 10.6. The first kappa shape index (κ1) is 16.1. The number of hydrogen-bond donors (Lipinski definition) is 2. The third kappa shape index (κ3) is 4.30. The van der Waals surface area contributed by atoms with Crippen LogP contribution in [0.3, 0.4) is 0 Å². The summed E-state index contributed by atoms with van der Waals surface area (Å²) in [4.78, 5) is 33.0. The normalized spacial score (nSPS) is 11.7. The fourth-order valence-electron chi connectivity index (χ4n) is 1.60. The molecule has 20 heavy (non-hydrogen) atoms. The molecule has 0 aliphatic carbocycles. The molecule has 8 heteroatoms. The lowest BCUT2D eigenvalue weighted by atomic mass is 10.1. The van der Waals surface area contributed by atoms with Crippen LogP contribution in [0.1, 0.15) is 30.1 Å². The van der Waals surface area contributed by atoms with Crippen LogP contribution in [0.25, 0.3) is 0 Å². The Labute approximate surface area is 123 Å². The summed E-state index contributed by atoms with van der Waals surface area (Å²) in [5.74, 6) is -1.79. The predicted octanol–water partition coefficient (Wildman–Crippen LogP) is 2.34. The Morgan fingerprint density at radius 3 is 2.60 bits per heavy atom. The average molecular weight is 345 g/mol. The van der Waals surface area contributed by atoms with E-state index in [0.717, 1.165) is 6.07 Å². The van der Waals surface area contributed by atoms with E-state index in [4.69, 9.17) is 5.11 Å². The number of amides is 1. The molecule has 1 amide bonds. The van der Waals surface area contributed by atoms with Gasteiger partial charge in [0.05, 0.1) is 4.92 Å². The van der Waals surface area contributed by atoms with Crippen molar-refractivity contribution in [3.63, 3.8) is 0 Å². The molecule has 0 unspecified atom stereocenters. The Morgan fingerprint density at radius 1 is 1.45 bits per heavy atom. The van der Waals surface area contributed by atoms with Gasteiger partial charge in [-0.15, -0.1) is 0 Å². The molecule has 0 bridgehead atoms. The monoisotopic (exact) mass is 344 g/mol. The smallest absolute Gasteiger partial charge is 0.326 e. The SMILES string of the molecule is CCC[C@H](NC(=O)c1cc(Br)cc([N+](=O)[O-])c1)C(=O)O. The van der Waals surface area contributed by atoms with Crippen LogP contribution in [0.15, 0.2) is 22.7 Å². The first-order valence-corrected chi connectivity index (χ1v) is 6.63. The second kappa shape index (κ2) is 6.99. The van der Waals surface area contributed by atoms with Crippen LogP contribution in [0.5, 0.6) is 0 Å². The lowest BCUT2D eigenvalue weighted by molar-refractivity contribution is -0.385. The third-order valence-corrected chi connectivity index (χ3v) is 2.99. The van der Waals surface area contributed by atoms with Gasteiger partial charge < -0.3 is 10.4 Å². The third-order valence-electron chi connectivity index (χ3n) is 2.54. The number of aliphatic carboxylic acids is 1. The number of nitro benzene ring substituents is 1. The summed E-state index contributed by atoms with van der Waals surface area (Å²) in [6.45, 7) is 1.80. The molecular weight excluding hydrogens is 332 g/mol. The van der Waals surface area contributed by atoms with E-state index in [9.17, 15) is 19.7 Å². The number of carboxylic acids is 1. The number of nitro groups is 1. The molecule has 0 saturated heterocycles. The number of carbonyl (C=O) groups is 2. The van der Waals surface area contributed by atoms with Gasteiger partial charge in [0.1, 0.15) is 6.04 Å². The predicted molar refractivity (Wildman–Crippen MR) is 74.6 cm³/mol. The van der Waals surface area contributed by atoms with Gasteiger partial charge in [-0.1, -0.05) is 29.3 Å². The first-order valence-electron chi connectivity index (χ1n) is 5.83. The van der Waals surface area contributed by atoms with Gasteiger partial charge in [-0.2, -0.15) is 0 Å². The number of carbonyl (C=O) groups excluding carboxylic acids is 1. The van der Waals surface area contributed by atoms with Gasteiger partial charge in [0.25, 0.3) is 11.6 Å². The van der Waals surface area contributed by atoms with E-state index in [2.05, 4.69) is 21.2 Å². The largest absolute Gasteiger partial charge is 0.480 e. The van der Waals surface area contributed by atoms with Gasteiger partial charge in [0.2, 0.25) is 0 Å². The standard InChI is InChI=1S/C12H13BrN2O5/c1-2-3-10(12(17)18)14-11(16)7-4-8(13)6-9(5-7)15(19)20/h4-6,10H,2-3H2,1H3,(H,14,16)(H,17,18)/t10-/m0/s1. The topological polar surface area (TPSA) is 110 Å². The molecule has 0 aliphatic heterocycles. The van der Waals surface area contributed by atoms with E-state index < -0.39 is 22.8 Å². The zero-order valence-corrected chi connectivity index (χ0v) is 12.2. The van der Waals surface area contributed by atoms with Crippen molar-refractivity contribution in [2.24, 2.45) is 0 Å². The summed E-state index contributed by atoms with van der Waals surface area (Å²) < 4.78 is 0.374. The Kier molecular flexibility index (Phi) is 5.63. The molecule has 1 rings (SSSR count). The van der Waals surface area contributed by atoms with Crippen molar-refractivity contribution in [1.82, 2.24) is 5.32 Å². The second-order valence-electron chi connectivity index (χ2n) is 4.11. The van der Waals surface area contributed by atoms with Gasteiger partial charge in [-0.3, -0.25) is 14.9 Å². The molecule has 2 N–H and O–H groups in total. The number of nitrogens with one attached hydrogen (secondary N) is 1. The minimum Gasteiger partial charge on any atom is -0.480 e. The fourth-order valence-corrected chi connectivity index (χ4v) is 2.08. The van der Waals surface area contributed by atoms with Crippen molar-refractivity contribution in [1.29, 1.82) is 0 Å². The van der Waals surface area contributed by atoms with Crippen molar-refractivity contribution in [2.45, 2.75) is 25.8 Å². The number of benzene rings is 1. The number of non-ortho nitro benzene ring substituents is 1. The summed E-state index contributed by atoms with van der Waals surface area (Å²) in [6, 6.07) is 2.75. The van der Waals surface area contributed by atoms with Crippen LogP contribution in [0.4, 0.5) is 5.69 Å². The summed E-state index contributed by atoms with van der Waals surface area (Å²) in [5, 5.41) is 22.0. The van der Waals surface area contributed by atoms with Gasteiger partial charge in [0.15, 0.2) is 0 Å². The van der Waals surface area contributed by atoms with E-state index in [0.29, 0.717) is 10.9 Å². The van der Waals surface area contributed by atoms with Crippen LogP contribution in [-0.2, 0) is 4.79 Å². The number of halogens is 1. The van der Waals surface area contributed by atoms with Crippen LogP contribution in [0, 0.1) is 10.1 Å². The van der Waals surface area contributed by atoms with E-state index in [-0.39, 0.29) is 17.7 Å². The van der Waals surface area contributed by atoms with Crippen molar-refractivity contribution in [3.05, 3.63) is 38.3 Å². The molecule has 1 aromatic carbocycles. The van der Waals surface area contributed by atoms with Gasteiger partial charge in [0, 0.05) is 22.2 Å². The van der Waals surface area contributed by atoms with E-state index in [1.165, 1.54) is 12.1 Å². The Morgan fingerprint density at radius 2 is 2.10 bits per heavy atom. The maximum Gasteiger partial charge on any atom is 0.326 e. The van der Waals surface area contributed by atoms with E-state index in [1.54, 1.807) is 6.92 Å². The molecule has 0 heterocycles. The number of nitrogens with zero attached hydrogens (tertiary/aromatic N) is 1. The summed E-state index contributed by atoms with van der Waals surface area (Å²) >= 11 is 3.07. The zero-order chi connectivity index (χ0) is 15.3. The summed E-state index contributed by atoms with van der Waals surface area (Å²) in [6.07, 6.45) is 0.882. The fraction of sp³-hybridized carbons (Fsp3) is 0.333. The maximum absolute atomic E-state index is 11.9. The Bertz CT molecular complexity index is 547. The highest BCUT2D eigenvalue weighted by Crippen LogP contribution is 2.21. The second-order valence-corrected chi connectivity index (χ2v) is 5.02. The lowest BCUT2D eigenvalue weighted by Crippen LogP contribution is -2.40. The molecule has 0 aliphatic rings. The van der Waals surface area contributed by atoms with E-state index >= 15 is 0 Å². The average Bonchev–Trinajstić information content (AvgIpc) is 2.37. The molecule has 1 aromatic rings. The highest BCUT2D eigenvalue weighted by Gasteiger charge is 2.21. The maximum atomic E-state index is 11.9. The van der Waals surface area contributed by atoms with Crippen LogP contribution in [-0.4, -0.2) is 27.9 Å². The molecule has 7 nitrogen and oxygen atoms in total. The number of carboxylic acid groups (broad SMARTS) is 1. The Balaban J connectivity index is 2.97. The molecule has 108 valence electrons. The molecular formula is C12H13BrN2O5. The number of rotatable bonds is 6.